The molecule has 3 aliphatic heterocycles. The highest BCUT2D eigenvalue weighted by Gasteiger charge is 2.53. The summed E-state index contributed by atoms with van der Waals surface area (Å²) in [5, 5.41) is 17.0. The molecule has 10 heteroatoms. The van der Waals surface area contributed by atoms with Gasteiger partial charge >= 0.3 is 5.97 Å². The van der Waals surface area contributed by atoms with Crippen molar-refractivity contribution in [2.45, 2.75) is 44.2 Å². The molecule has 4 fully saturated rings. The molecule has 40 heavy (non-hydrogen) atoms. The van der Waals surface area contributed by atoms with Crippen LogP contribution in [0, 0.1) is 12.8 Å². The maximum Gasteiger partial charge on any atom is 0.354 e. The van der Waals surface area contributed by atoms with Crippen LogP contribution in [0.4, 0.5) is 11.5 Å². The summed E-state index contributed by atoms with van der Waals surface area (Å²) in [7, 11) is 0. The Morgan fingerprint density at radius 3 is 2.73 bits per heavy atom. The predicted molar refractivity (Wildman–Crippen MR) is 150 cm³/mol. The van der Waals surface area contributed by atoms with Crippen LogP contribution in [0.1, 0.15) is 52.0 Å². The van der Waals surface area contributed by atoms with Gasteiger partial charge in [0.25, 0.3) is 5.91 Å². The molecule has 10 nitrogen and oxygen atoms in total. The van der Waals surface area contributed by atoms with E-state index in [1.54, 1.807) is 10.6 Å². The fourth-order valence-corrected chi connectivity index (χ4v) is 6.67. The number of aromatic carboxylic acids is 1. The van der Waals surface area contributed by atoms with E-state index in [0.29, 0.717) is 11.5 Å². The van der Waals surface area contributed by atoms with Crippen LogP contribution in [0.5, 0.6) is 0 Å². The first-order valence-electron chi connectivity index (χ1n) is 13.7. The van der Waals surface area contributed by atoms with Crippen LogP contribution in [-0.4, -0.2) is 68.3 Å². The predicted octanol–water partition coefficient (Wildman–Crippen LogP) is 3.31. The Kier molecular flexibility index (Phi) is 5.55. The lowest BCUT2D eigenvalue weighted by atomic mass is 9.80. The molecule has 2 N–H and O–H groups in total. The third kappa shape index (κ3) is 3.97. The number of carbonyl (C=O) groups is 2. The lowest BCUT2D eigenvalue weighted by Gasteiger charge is -2.36. The number of carboxylic acid groups (broad SMARTS) is 1. The van der Waals surface area contributed by atoms with Gasteiger partial charge in [0.05, 0.1) is 24.0 Å². The van der Waals surface area contributed by atoms with Crippen LogP contribution in [0.25, 0.3) is 5.65 Å². The Hall–Kier alpha value is -4.47. The third-order valence-electron chi connectivity index (χ3n) is 8.96. The lowest BCUT2D eigenvalue weighted by molar-refractivity contribution is 0.0690. The zero-order valence-electron chi connectivity index (χ0n) is 22.5. The number of aryl methyl sites for hydroxylation is 1. The van der Waals surface area contributed by atoms with Crippen molar-refractivity contribution in [2.24, 2.45) is 5.92 Å². The molecule has 4 aromatic rings. The van der Waals surface area contributed by atoms with Crippen molar-refractivity contribution >= 4 is 29.0 Å². The van der Waals surface area contributed by atoms with E-state index in [1.807, 2.05) is 19.2 Å². The van der Waals surface area contributed by atoms with Crippen LogP contribution < -0.4 is 15.1 Å². The molecule has 4 atom stereocenters. The van der Waals surface area contributed by atoms with E-state index in [-0.39, 0.29) is 40.8 Å². The smallest absolute Gasteiger partial charge is 0.354 e. The number of nitrogens with zero attached hydrogens (tertiary/aromatic N) is 6. The fourth-order valence-electron chi connectivity index (χ4n) is 6.67. The Morgan fingerprint density at radius 2 is 1.93 bits per heavy atom. The molecule has 1 aromatic carbocycles. The minimum Gasteiger partial charge on any atom is -0.477 e. The Balaban J connectivity index is 1.07. The second-order valence-corrected chi connectivity index (χ2v) is 11.6. The van der Waals surface area contributed by atoms with Gasteiger partial charge in [-0.2, -0.15) is 0 Å². The number of pyridine rings is 2. The zero-order valence-corrected chi connectivity index (χ0v) is 22.5. The number of fused-ring (bicyclic) bond motifs is 2. The van der Waals surface area contributed by atoms with Gasteiger partial charge in [-0.15, -0.1) is 5.10 Å². The lowest BCUT2D eigenvalue weighted by Crippen LogP contribution is -2.55. The fraction of sp³-hybridized carbons (Fsp3) is 0.367. The summed E-state index contributed by atoms with van der Waals surface area (Å²) in [5.74, 6) is -0.285. The molecule has 1 amide bonds. The minimum atomic E-state index is -1.05. The van der Waals surface area contributed by atoms with Gasteiger partial charge in [0.2, 0.25) is 5.82 Å². The summed E-state index contributed by atoms with van der Waals surface area (Å²) in [6.45, 7) is 6.91. The van der Waals surface area contributed by atoms with Crippen LogP contribution in [0.3, 0.4) is 0 Å². The largest absolute Gasteiger partial charge is 0.477 e. The maximum atomic E-state index is 13.2. The molecular weight excluding hydrogens is 506 g/mol. The number of hydrogen-bond acceptors (Lipinski definition) is 7. The summed E-state index contributed by atoms with van der Waals surface area (Å²) >= 11 is 0. The summed E-state index contributed by atoms with van der Waals surface area (Å²) in [6, 6.07) is 17.8. The highest BCUT2D eigenvalue weighted by molar-refractivity contribution is 5.91. The second-order valence-electron chi connectivity index (χ2n) is 11.6. The normalized spacial score (nSPS) is 25.3. The van der Waals surface area contributed by atoms with Gasteiger partial charge in [0.15, 0.2) is 11.3 Å². The number of hydrogen-bond donors (Lipinski definition) is 2. The van der Waals surface area contributed by atoms with Gasteiger partial charge in [-0.1, -0.05) is 43.3 Å². The molecule has 3 aromatic heterocycles. The summed E-state index contributed by atoms with van der Waals surface area (Å²) < 4.78 is 1.72. The molecule has 0 spiro atoms. The SMILES string of the molecule is Cc1cc(N2CC[C@](C)(c3ccccc3)C2)cn2nc(C(=O)NC3C4CC3N(c3cccc(C(=O)O)n3)C4)nc12. The van der Waals surface area contributed by atoms with Crippen LogP contribution in [-0.2, 0) is 5.41 Å². The Morgan fingerprint density at radius 1 is 1.10 bits per heavy atom. The Labute approximate surface area is 231 Å². The van der Waals surface area contributed by atoms with Crippen LogP contribution >= 0.6 is 0 Å². The molecule has 2 bridgehead atoms. The number of anilines is 2. The highest BCUT2D eigenvalue weighted by atomic mass is 16.4. The minimum absolute atomic E-state index is 0.0180. The van der Waals surface area contributed by atoms with Gasteiger partial charge in [0.1, 0.15) is 5.82 Å². The van der Waals surface area contributed by atoms with Gasteiger partial charge < -0.3 is 20.2 Å². The average Bonchev–Trinajstić information content (AvgIpc) is 3.74. The first-order chi connectivity index (χ1) is 19.3. The average molecular weight is 538 g/mol. The number of nitrogens with one attached hydrogen (secondary N) is 1. The van der Waals surface area contributed by atoms with Crippen molar-refractivity contribution in [3.63, 3.8) is 0 Å². The number of rotatable bonds is 6. The van der Waals surface area contributed by atoms with E-state index >= 15 is 0 Å². The summed E-state index contributed by atoms with van der Waals surface area (Å²) in [6.07, 6.45) is 3.97. The summed E-state index contributed by atoms with van der Waals surface area (Å²) in [5.41, 5.74) is 4.17. The number of aromatic nitrogens is 4. The van der Waals surface area contributed by atoms with Crippen molar-refractivity contribution in [2.75, 3.05) is 29.4 Å². The third-order valence-corrected chi connectivity index (χ3v) is 8.96. The van der Waals surface area contributed by atoms with E-state index in [1.165, 1.54) is 11.6 Å². The van der Waals surface area contributed by atoms with Crippen molar-refractivity contribution < 1.29 is 14.7 Å². The quantitative estimate of drug-likeness (QED) is 0.385. The standard InChI is InChI=1S/C30H31N7O3/c1-18-13-21(35-12-11-30(2,17-35)20-7-4-3-5-8-20)16-37-27(18)33-26(34-37)28(38)32-25-19-14-23(25)36(15-19)24-10-6-9-22(31-24)29(39)40/h3-10,13,16,19,23,25H,11-12,14-15,17H2,1-2H3,(H,32,38)(H,39,40)/t19?,23?,25?,30-/m0/s1. The van der Waals surface area contributed by atoms with Crippen molar-refractivity contribution in [3.05, 3.63) is 83.4 Å². The van der Waals surface area contributed by atoms with Gasteiger partial charge in [-0.25, -0.2) is 19.3 Å². The molecule has 4 aliphatic rings. The van der Waals surface area contributed by atoms with Crippen molar-refractivity contribution in [3.8, 4) is 0 Å². The van der Waals surface area contributed by atoms with Crippen molar-refractivity contribution in [1.82, 2.24) is 24.9 Å². The number of amides is 1. The first-order valence-corrected chi connectivity index (χ1v) is 13.7. The van der Waals surface area contributed by atoms with Crippen molar-refractivity contribution in [1.29, 1.82) is 0 Å². The van der Waals surface area contributed by atoms with Gasteiger partial charge in [-0.05, 0) is 49.1 Å². The molecule has 0 radical (unpaired) electrons. The number of benzene rings is 1. The molecule has 3 unspecified atom stereocenters. The van der Waals surface area contributed by atoms with E-state index in [9.17, 15) is 14.7 Å². The van der Waals surface area contributed by atoms with E-state index in [2.05, 4.69) is 73.5 Å². The second kappa shape index (κ2) is 9.04. The molecule has 6 heterocycles. The van der Waals surface area contributed by atoms with E-state index < -0.39 is 5.97 Å². The molecule has 204 valence electrons. The topological polar surface area (TPSA) is 116 Å². The Bertz CT molecular complexity index is 1640. The van der Waals surface area contributed by atoms with Crippen LogP contribution in [0.2, 0.25) is 0 Å². The van der Waals surface area contributed by atoms with E-state index in [0.717, 1.165) is 43.7 Å². The van der Waals surface area contributed by atoms with E-state index in [4.69, 9.17) is 0 Å². The molecule has 8 rings (SSSR count). The maximum absolute atomic E-state index is 13.2. The number of carbonyl (C=O) groups excluding carboxylic acids is 1. The molecule has 1 saturated carbocycles. The monoisotopic (exact) mass is 537 g/mol. The summed E-state index contributed by atoms with van der Waals surface area (Å²) in [4.78, 5) is 37.9. The first kappa shape index (κ1) is 24.6. The highest BCUT2D eigenvalue weighted by Crippen LogP contribution is 2.43. The molecule has 1 aliphatic carbocycles. The molecular formula is C30H31N7O3. The van der Waals surface area contributed by atoms with Gasteiger partial charge in [-0.3, -0.25) is 4.79 Å². The van der Waals surface area contributed by atoms with Crippen LogP contribution in [0.15, 0.2) is 60.8 Å². The van der Waals surface area contributed by atoms with Gasteiger partial charge in [0, 0.05) is 31.0 Å². The number of carboxylic acids is 1. The zero-order chi connectivity index (χ0) is 27.6. The molecule has 3 saturated heterocycles.